The average Bonchev–Trinajstić information content (AvgIpc) is 2.97. The number of imidazole rings is 1. The van der Waals surface area contributed by atoms with Crippen molar-refractivity contribution < 1.29 is 9.84 Å². The standard InChI is InChI=1S/C19H21N3O2/c1-12-18(13-5-8-15(9-6-13)22(2)3)21-19(20-12)14-7-10-16(23)17(11-14)24-4/h5-11,23H,1-4H3,(H,20,21). The van der Waals surface area contributed by atoms with Crippen LogP contribution in [0, 0.1) is 6.92 Å². The van der Waals surface area contributed by atoms with Crippen LogP contribution in [0.3, 0.4) is 0 Å². The number of hydrogen-bond donors (Lipinski definition) is 2. The van der Waals surface area contributed by atoms with Crippen molar-refractivity contribution in [1.29, 1.82) is 0 Å². The van der Waals surface area contributed by atoms with Crippen LogP contribution >= 0.6 is 0 Å². The van der Waals surface area contributed by atoms with Crippen LogP contribution in [0.25, 0.3) is 22.6 Å². The number of phenols is 1. The number of methoxy groups -OCH3 is 1. The number of benzene rings is 2. The topological polar surface area (TPSA) is 61.4 Å². The second-order valence-electron chi connectivity index (χ2n) is 5.89. The molecule has 0 radical (unpaired) electrons. The first-order valence-corrected chi connectivity index (χ1v) is 7.71. The Morgan fingerprint density at radius 2 is 1.71 bits per heavy atom. The maximum absolute atomic E-state index is 9.73. The van der Waals surface area contributed by atoms with Gasteiger partial charge in [-0.15, -0.1) is 0 Å². The van der Waals surface area contributed by atoms with Crippen molar-refractivity contribution in [3.63, 3.8) is 0 Å². The summed E-state index contributed by atoms with van der Waals surface area (Å²) < 4.78 is 5.17. The van der Waals surface area contributed by atoms with Gasteiger partial charge in [0.1, 0.15) is 5.82 Å². The van der Waals surface area contributed by atoms with Crippen LogP contribution < -0.4 is 9.64 Å². The van der Waals surface area contributed by atoms with Gasteiger partial charge in [0.05, 0.1) is 12.8 Å². The van der Waals surface area contributed by atoms with Crippen molar-refractivity contribution in [3.8, 4) is 34.1 Å². The summed E-state index contributed by atoms with van der Waals surface area (Å²) in [6, 6.07) is 13.5. The minimum Gasteiger partial charge on any atom is -0.504 e. The van der Waals surface area contributed by atoms with Gasteiger partial charge in [0.15, 0.2) is 11.5 Å². The lowest BCUT2D eigenvalue weighted by Crippen LogP contribution is -2.07. The molecule has 3 rings (SSSR count). The van der Waals surface area contributed by atoms with Gasteiger partial charge >= 0.3 is 0 Å². The number of aromatic nitrogens is 2. The van der Waals surface area contributed by atoms with Gasteiger partial charge in [-0.3, -0.25) is 0 Å². The summed E-state index contributed by atoms with van der Waals surface area (Å²) in [4.78, 5) is 10.1. The summed E-state index contributed by atoms with van der Waals surface area (Å²) in [5.41, 5.74) is 4.99. The molecule has 5 heteroatoms. The number of H-pyrrole nitrogens is 1. The molecule has 2 aromatic carbocycles. The fraction of sp³-hybridized carbons (Fsp3) is 0.211. The normalized spacial score (nSPS) is 10.7. The maximum atomic E-state index is 9.73. The van der Waals surface area contributed by atoms with E-state index in [9.17, 15) is 5.11 Å². The van der Waals surface area contributed by atoms with Crippen LogP contribution in [0.4, 0.5) is 5.69 Å². The van der Waals surface area contributed by atoms with Crippen LogP contribution in [-0.4, -0.2) is 36.3 Å². The first-order chi connectivity index (χ1) is 11.5. The lowest BCUT2D eigenvalue weighted by Gasteiger charge is -2.12. The van der Waals surface area contributed by atoms with E-state index in [1.807, 2.05) is 27.1 Å². The van der Waals surface area contributed by atoms with E-state index in [-0.39, 0.29) is 5.75 Å². The summed E-state index contributed by atoms with van der Waals surface area (Å²) in [5.74, 6) is 1.29. The van der Waals surface area contributed by atoms with E-state index in [0.29, 0.717) is 5.75 Å². The van der Waals surface area contributed by atoms with E-state index in [1.165, 1.54) is 7.11 Å². The molecule has 0 fully saturated rings. The molecule has 0 aliphatic heterocycles. The highest BCUT2D eigenvalue weighted by molar-refractivity contribution is 5.70. The van der Waals surface area contributed by atoms with Crippen LogP contribution in [0.15, 0.2) is 42.5 Å². The number of nitrogens with one attached hydrogen (secondary N) is 1. The molecule has 5 nitrogen and oxygen atoms in total. The van der Waals surface area contributed by atoms with Crippen LogP contribution in [0.2, 0.25) is 0 Å². The molecule has 0 saturated carbocycles. The molecule has 3 aromatic rings. The van der Waals surface area contributed by atoms with Gasteiger partial charge in [-0.25, -0.2) is 4.98 Å². The average molecular weight is 323 g/mol. The molecule has 0 bridgehead atoms. The van der Waals surface area contributed by atoms with Gasteiger partial charge in [0, 0.05) is 36.6 Å². The van der Waals surface area contributed by atoms with Gasteiger partial charge in [0.25, 0.3) is 0 Å². The molecule has 0 amide bonds. The molecule has 124 valence electrons. The van der Waals surface area contributed by atoms with Crippen molar-refractivity contribution in [2.24, 2.45) is 0 Å². The predicted octanol–water partition coefficient (Wildman–Crippen LogP) is 3.83. The van der Waals surface area contributed by atoms with Crippen molar-refractivity contribution in [1.82, 2.24) is 9.97 Å². The third-order valence-corrected chi connectivity index (χ3v) is 4.00. The SMILES string of the molecule is COc1cc(-c2nc(-c3ccc(N(C)C)cc3)c(C)[nH]2)ccc1O. The second-order valence-corrected chi connectivity index (χ2v) is 5.89. The molecule has 0 spiro atoms. The molecule has 0 saturated heterocycles. The summed E-state index contributed by atoms with van der Waals surface area (Å²) in [5, 5.41) is 9.73. The number of aryl methyl sites for hydroxylation is 1. The number of hydrogen-bond acceptors (Lipinski definition) is 4. The lowest BCUT2D eigenvalue weighted by molar-refractivity contribution is 0.373. The molecular formula is C19H21N3O2. The van der Waals surface area contributed by atoms with E-state index >= 15 is 0 Å². The molecule has 0 aliphatic carbocycles. The molecule has 1 aromatic heterocycles. The van der Waals surface area contributed by atoms with E-state index in [1.54, 1.807) is 12.1 Å². The van der Waals surface area contributed by atoms with Crippen LogP contribution in [0.1, 0.15) is 5.69 Å². The third kappa shape index (κ3) is 2.93. The van der Waals surface area contributed by atoms with E-state index in [4.69, 9.17) is 9.72 Å². The first-order valence-electron chi connectivity index (χ1n) is 7.71. The quantitative estimate of drug-likeness (QED) is 0.766. The molecule has 0 unspecified atom stereocenters. The number of ether oxygens (including phenoxy) is 1. The molecular weight excluding hydrogens is 302 g/mol. The van der Waals surface area contributed by atoms with E-state index < -0.39 is 0 Å². The zero-order valence-corrected chi connectivity index (χ0v) is 14.3. The Bertz CT molecular complexity index is 852. The zero-order chi connectivity index (χ0) is 17.3. The number of phenolic OH excluding ortho intramolecular Hbond substituents is 1. The fourth-order valence-electron chi connectivity index (χ4n) is 2.62. The van der Waals surface area contributed by atoms with Gasteiger partial charge in [0.2, 0.25) is 0 Å². The second kappa shape index (κ2) is 6.28. The Morgan fingerprint density at radius 3 is 2.33 bits per heavy atom. The highest BCUT2D eigenvalue weighted by Crippen LogP contribution is 2.32. The smallest absolute Gasteiger partial charge is 0.161 e. The largest absolute Gasteiger partial charge is 0.504 e. The number of rotatable bonds is 4. The highest BCUT2D eigenvalue weighted by atomic mass is 16.5. The van der Waals surface area contributed by atoms with E-state index in [2.05, 4.69) is 34.1 Å². The first kappa shape index (κ1) is 15.9. The molecule has 2 N–H and O–H groups in total. The Hall–Kier alpha value is -2.95. The van der Waals surface area contributed by atoms with Crippen molar-refractivity contribution in [2.45, 2.75) is 6.92 Å². The Morgan fingerprint density at radius 1 is 1.04 bits per heavy atom. The minimum atomic E-state index is 0.115. The molecule has 24 heavy (non-hydrogen) atoms. The van der Waals surface area contributed by atoms with Gasteiger partial charge in [-0.05, 0) is 37.3 Å². The van der Waals surface area contributed by atoms with Crippen LogP contribution in [0.5, 0.6) is 11.5 Å². The lowest BCUT2D eigenvalue weighted by atomic mass is 10.1. The maximum Gasteiger partial charge on any atom is 0.161 e. The van der Waals surface area contributed by atoms with Crippen LogP contribution in [-0.2, 0) is 0 Å². The monoisotopic (exact) mass is 323 g/mol. The Balaban J connectivity index is 1.98. The van der Waals surface area contributed by atoms with E-state index in [0.717, 1.165) is 34.0 Å². The summed E-state index contributed by atoms with van der Waals surface area (Å²) >= 11 is 0. The fourth-order valence-corrected chi connectivity index (χ4v) is 2.62. The van der Waals surface area contributed by atoms with Gasteiger partial charge in [-0.1, -0.05) is 12.1 Å². The summed E-state index contributed by atoms with van der Waals surface area (Å²) in [6.07, 6.45) is 0. The van der Waals surface area contributed by atoms with Crippen molar-refractivity contribution in [3.05, 3.63) is 48.2 Å². The number of aromatic amines is 1. The third-order valence-electron chi connectivity index (χ3n) is 4.00. The van der Waals surface area contributed by atoms with Crippen molar-refractivity contribution in [2.75, 3.05) is 26.1 Å². The van der Waals surface area contributed by atoms with Gasteiger partial charge in [-0.2, -0.15) is 0 Å². The number of anilines is 1. The number of aromatic hydroxyl groups is 1. The molecule has 1 heterocycles. The zero-order valence-electron chi connectivity index (χ0n) is 14.3. The van der Waals surface area contributed by atoms with Crippen molar-refractivity contribution >= 4 is 5.69 Å². The Kier molecular flexibility index (Phi) is 4.16. The highest BCUT2D eigenvalue weighted by Gasteiger charge is 2.12. The summed E-state index contributed by atoms with van der Waals surface area (Å²) in [6.45, 7) is 2.00. The number of nitrogens with zero attached hydrogens (tertiary/aromatic N) is 2. The summed E-state index contributed by atoms with van der Waals surface area (Å²) in [7, 11) is 5.57. The predicted molar refractivity (Wildman–Crippen MR) is 96.7 cm³/mol. The Labute approximate surface area is 141 Å². The van der Waals surface area contributed by atoms with Gasteiger partial charge < -0.3 is 19.7 Å². The minimum absolute atomic E-state index is 0.115. The molecule has 0 aliphatic rings. The molecule has 0 atom stereocenters.